The molecule has 0 bridgehead atoms. The third kappa shape index (κ3) is 2.97. The Bertz CT molecular complexity index is 716. The van der Waals surface area contributed by atoms with Crippen molar-refractivity contribution in [2.24, 2.45) is 0 Å². The van der Waals surface area contributed by atoms with Crippen LogP contribution in [-0.2, 0) is 6.18 Å². The Labute approximate surface area is 120 Å². The molecule has 8 heteroatoms. The molecule has 0 unspecified atom stereocenters. The Kier molecular flexibility index (Phi) is 3.87. The molecule has 3 nitrogen and oxygen atoms in total. The number of hydrogen-bond donors (Lipinski definition) is 1. The van der Waals surface area contributed by atoms with Gasteiger partial charge >= 0.3 is 12.1 Å². The van der Waals surface area contributed by atoms with Gasteiger partial charge in [-0.1, -0.05) is 23.7 Å². The molecule has 2 rings (SSSR count). The van der Waals surface area contributed by atoms with Gasteiger partial charge in [0.15, 0.2) is 0 Å². The fraction of sp³-hybridized carbons (Fsp3) is 0.0769. The van der Waals surface area contributed by atoms with E-state index in [9.17, 15) is 22.4 Å². The van der Waals surface area contributed by atoms with Crippen LogP contribution in [0.5, 0.6) is 0 Å². The summed E-state index contributed by atoms with van der Waals surface area (Å²) in [7, 11) is 0. The summed E-state index contributed by atoms with van der Waals surface area (Å²) in [4.78, 5) is 14.7. The summed E-state index contributed by atoms with van der Waals surface area (Å²) in [5.41, 5.74) is -2.71. The lowest BCUT2D eigenvalue weighted by Gasteiger charge is -2.12. The predicted octanol–water partition coefficient (Wildman–Crippen LogP) is 4.26. The van der Waals surface area contributed by atoms with Gasteiger partial charge in [0.1, 0.15) is 11.0 Å². The molecule has 21 heavy (non-hydrogen) atoms. The van der Waals surface area contributed by atoms with Crippen molar-refractivity contribution in [3.8, 4) is 11.1 Å². The molecular formula is C13H6ClF4NO2. The van der Waals surface area contributed by atoms with Crippen molar-refractivity contribution in [1.82, 2.24) is 4.98 Å². The largest absolute Gasteiger partial charge is 0.478 e. The Morgan fingerprint density at radius 2 is 1.90 bits per heavy atom. The van der Waals surface area contributed by atoms with E-state index < -0.39 is 34.7 Å². The number of halogens is 5. The lowest BCUT2D eigenvalue weighted by atomic mass is 9.99. The van der Waals surface area contributed by atoms with Crippen LogP contribution in [0.3, 0.4) is 0 Å². The van der Waals surface area contributed by atoms with Crippen molar-refractivity contribution < 1.29 is 27.5 Å². The number of alkyl halides is 3. The standard InChI is InChI=1S/C13H6ClF4NO2/c14-10-4-7(12(20)21)8(5-19-10)6-2-1-3-9(11(6)15)13(16,17)18/h1-5H,(H,20,21). The van der Waals surface area contributed by atoms with Crippen LogP contribution in [0.1, 0.15) is 15.9 Å². The van der Waals surface area contributed by atoms with Crippen molar-refractivity contribution in [3.63, 3.8) is 0 Å². The molecule has 110 valence electrons. The van der Waals surface area contributed by atoms with Gasteiger partial charge < -0.3 is 5.11 Å². The maximum absolute atomic E-state index is 14.0. The average Bonchev–Trinajstić information content (AvgIpc) is 2.38. The molecule has 1 aromatic heterocycles. The van der Waals surface area contributed by atoms with Crippen molar-refractivity contribution in [2.45, 2.75) is 6.18 Å². The van der Waals surface area contributed by atoms with E-state index in [2.05, 4.69) is 4.98 Å². The van der Waals surface area contributed by atoms with Gasteiger partial charge in [0.05, 0.1) is 11.1 Å². The highest BCUT2D eigenvalue weighted by Crippen LogP contribution is 2.36. The van der Waals surface area contributed by atoms with Crippen LogP contribution in [0.2, 0.25) is 5.15 Å². The minimum atomic E-state index is -4.89. The minimum absolute atomic E-state index is 0.163. The van der Waals surface area contributed by atoms with Crippen molar-refractivity contribution in [2.75, 3.05) is 0 Å². The minimum Gasteiger partial charge on any atom is -0.478 e. The molecule has 0 radical (unpaired) electrons. The third-order valence-electron chi connectivity index (χ3n) is 2.70. The number of carboxylic acid groups (broad SMARTS) is 1. The van der Waals surface area contributed by atoms with E-state index in [1.165, 1.54) is 0 Å². The van der Waals surface area contributed by atoms with Crippen LogP contribution < -0.4 is 0 Å². The zero-order valence-corrected chi connectivity index (χ0v) is 10.8. The molecule has 0 spiro atoms. The summed E-state index contributed by atoms with van der Waals surface area (Å²) in [5, 5.41) is 8.88. The summed E-state index contributed by atoms with van der Waals surface area (Å²) in [6.45, 7) is 0. The van der Waals surface area contributed by atoms with Crippen LogP contribution in [0.4, 0.5) is 17.6 Å². The number of pyridine rings is 1. The van der Waals surface area contributed by atoms with Crippen LogP contribution in [0.25, 0.3) is 11.1 Å². The number of aromatic nitrogens is 1. The molecule has 2 aromatic rings. The molecular weight excluding hydrogens is 314 g/mol. The average molecular weight is 320 g/mol. The molecule has 1 heterocycles. The summed E-state index contributed by atoms with van der Waals surface area (Å²) in [5.74, 6) is -3.01. The van der Waals surface area contributed by atoms with Gasteiger partial charge in [0, 0.05) is 17.3 Å². The van der Waals surface area contributed by atoms with E-state index in [1.54, 1.807) is 0 Å². The van der Waals surface area contributed by atoms with Gasteiger partial charge in [-0.25, -0.2) is 14.2 Å². The first kappa shape index (κ1) is 15.2. The van der Waals surface area contributed by atoms with E-state index in [0.29, 0.717) is 6.07 Å². The fourth-order valence-corrected chi connectivity index (χ4v) is 1.94. The zero-order valence-electron chi connectivity index (χ0n) is 10.1. The van der Waals surface area contributed by atoms with Crippen molar-refractivity contribution in [3.05, 3.63) is 52.6 Å². The number of carboxylic acids is 1. The Morgan fingerprint density at radius 1 is 1.24 bits per heavy atom. The highest BCUT2D eigenvalue weighted by molar-refractivity contribution is 6.29. The first-order chi connectivity index (χ1) is 9.71. The number of benzene rings is 1. The predicted molar refractivity (Wildman–Crippen MR) is 66.6 cm³/mol. The van der Waals surface area contributed by atoms with E-state index >= 15 is 0 Å². The molecule has 0 saturated carbocycles. The fourth-order valence-electron chi connectivity index (χ4n) is 1.78. The third-order valence-corrected chi connectivity index (χ3v) is 2.90. The number of nitrogens with zero attached hydrogens (tertiary/aromatic N) is 1. The van der Waals surface area contributed by atoms with Crippen LogP contribution in [-0.4, -0.2) is 16.1 Å². The molecule has 0 amide bonds. The van der Waals surface area contributed by atoms with Gasteiger partial charge in [-0.15, -0.1) is 0 Å². The number of hydrogen-bond acceptors (Lipinski definition) is 2. The van der Waals surface area contributed by atoms with E-state index in [-0.39, 0.29) is 10.7 Å². The van der Waals surface area contributed by atoms with Crippen molar-refractivity contribution >= 4 is 17.6 Å². The molecule has 0 aliphatic carbocycles. The highest BCUT2D eigenvalue weighted by Gasteiger charge is 2.35. The lowest BCUT2D eigenvalue weighted by Crippen LogP contribution is -2.10. The molecule has 1 N–H and O–H groups in total. The summed E-state index contributed by atoms with van der Waals surface area (Å²) in [6, 6.07) is 3.55. The number of rotatable bonds is 2. The van der Waals surface area contributed by atoms with E-state index in [0.717, 1.165) is 24.4 Å². The maximum Gasteiger partial charge on any atom is 0.419 e. The summed E-state index contributed by atoms with van der Waals surface area (Å²) < 4.78 is 52.0. The number of carbonyl (C=O) groups is 1. The summed E-state index contributed by atoms with van der Waals surface area (Å²) in [6.07, 6.45) is -3.96. The second-order valence-corrected chi connectivity index (χ2v) is 4.41. The Balaban J connectivity index is 2.72. The van der Waals surface area contributed by atoms with E-state index in [1.807, 2.05) is 0 Å². The molecule has 0 aliphatic heterocycles. The SMILES string of the molecule is O=C(O)c1cc(Cl)ncc1-c1cccc(C(F)(F)F)c1F. The van der Waals surface area contributed by atoms with Gasteiger partial charge in [0.25, 0.3) is 0 Å². The van der Waals surface area contributed by atoms with Crippen molar-refractivity contribution in [1.29, 1.82) is 0 Å². The monoisotopic (exact) mass is 319 g/mol. The van der Waals surface area contributed by atoms with Crippen LogP contribution >= 0.6 is 11.6 Å². The number of aromatic carboxylic acids is 1. The lowest BCUT2D eigenvalue weighted by molar-refractivity contribution is -0.139. The van der Waals surface area contributed by atoms with Crippen LogP contribution in [0, 0.1) is 5.82 Å². The second kappa shape index (κ2) is 5.33. The topological polar surface area (TPSA) is 50.2 Å². The van der Waals surface area contributed by atoms with Gasteiger partial charge in [-0.2, -0.15) is 13.2 Å². The molecule has 0 aliphatic rings. The highest BCUT2D eigenvalue weighted by atomic mass is 35.5. The molecule has 0 saturated heterocycles. The van der Waals surface area contributed by atoms with Gasteiger partial charge in [0.2, 0.25) is 0 Å². The molecule has 1 aromatic carbocycles. The first-order valence-corrected chi connectivity index (χ1v) is 5.84. The van der Waals surface area contributed by atoms with Gasteiger partial charge in [-0.05, 0) is 12.1 Å². The Hall–Kier alpha value is -2.15. The maximum atomic E-state index is 14.0. The van der Waals surface area contributed by atoms with Gasteiger partial charge in [-0.3, -0.25) is 0 Å². The zero-order chi connectivity index (χ0) is 15.8. The second-order valence-electron chi connectivity index (χ2n) is 4.02. The Morgan fingerprint density at radius 3 is 2.48 bits per heavy atom. The molecule has 0 atom stereocenters. The van der Waals surface area contributed by atoms with E-state index in [4.69, 9.17) is 16.7 Å². The van der Waals surface area contributed by atoms with Crippen LogP contribution in [0.15, 0.2) is 30.5 Å². The smallest absolute Gasteiger partial charge is 0.419 e. The normalized spacial score (nSPS) is 11.5. The summed E-state index contributed by atoms with van der Waals surface area (Å²) >= 11 is 5.54. The first-order valence-electron chi connectivity index (χ1n) is 5.46. The quantitative estimate of drug-likeness (QED) is 0.664. The molecule has 0 fully saturated rings.